The molecule has 0 saturated heterocycles. The number of nitrogens with zero attached hydrogens (tertiary/aromatic N) is 2. The van der Waals surface area contributed by atoms with Gasteiger partial charge < -0.3 is 0 Å². The average molecular weight is 563 g/mol. The monoisotopic (exact) mass is 563 g/mol. The van der Waals surface area contributed by atoms with Gasteiger partial charge >= 0.3 is 0 Å². The molecule has 0 unspecified atom stereocenters. The minimum atomic E-state index is 0.668. The van der Waals surface area contributed by atoms with E-state index in [2.05, 4.69) is 23.8 Å². The van der Waals surface area contributed by atoms with Crippen LogP contribution in [0.4, 0.5) is 0 Å². The third-order valence-electron chi connectivity index (χ3n) is 7.88. The first kappa shape index (κ1) is 40.9. The molecular formula is C36H70N2O2. The summed E-state index contributed by atoms with van der Waals surface area (Å²) in [5.41, 5.74) is 0. The van der Waals surface area contributed by atoms with Crippen LogP contribution in [0.5, 0.6) is 0 Å². The molecule has 0 aromatic carbocycles. The maximum Gasteiger partial charge on any atom is 0.234 e. The van der Waals surface area contributed by atoms with Gasteiger partial charge in [0.25, 0.3) is 0 Å². The van der Waals surface area contributed by atoms with E-state index in [1.165, 1.54) is 180 Å². The van der Waals surface area contributed by atoms with Crippen LogP contribution in [0.15, 0.2) is 9.98 Å². The van der Waals surface area contributed by atoms with Gasteiger partial charge in [0.15, 0.2) is 0 Å². The summed E-state index contributed by atoms with van der Waals surface area (Å²) in [5, 5.41) is 0. The lowest BCUT2D eigenvalue weighted by Gasteiger charge is -2.03. The Kier molecular flexibility index (Phi) is 43.2. The van der Waals surface area contributed by atoms with E-state index in [-0.39, 0.29) is 0 Å². The van der Waals surface area contributed by atoms with E-state index >= 15 is 0 Å². The average Bonchev–Trinajstić information content (AvgIpc) is 2.97. The van der Waals surface area contributed by atoms with Crippen molar-refractivity contribution >= 4 is 12.2 Å². The summed E-state index contributed by atoms with van der Waals surface area (Å²) in [6.07, 6.45) is 44.3. The molecule has 0 bridgehead atoms. The van der Waals surface area contributed by atoms with Crippen LogP contribution in [-0.2, 0) is 9.59 Å². The fourth-order valence-corrected chi connectivity index (χ4v) is 5.22. The van der Waals surface area contributed by atoms with Crippen LogP contribution in [0, 0.1) is 0 Å². The highest BCUT2D eigenvalue weighted by atomic mass is 16.1. The van der Waals surface area contributed by atoms with Gasteiger partial charge in [-0.2, -0.15) is 0 Å². The summed E-state index contributed by atoms with van der Waals surface area (Å²) in [6, 6.07) is 0. The Balaban J connectivity index is 0. The van der Waals surface area contributed by atoms with Gasteiger partial charge in [-0.15, -0.1) is 0 Å². The zero-order valence-corrected chi connectivity index (χ0v) is 27.3. The van der Waals surface area contributed by atoms with E-state index in [4.69, 9.17) is 0 Å². The van der Waals surface area contributed by atoms with Gasteiger partial charge in [-0.25, -0.2) is 19.6 Å². The van der Waals surface area contributed by atoms with E-state index in [9.17, 15) is 9.59 Å². The molecule has 0 atom stereocenters. The molecule has 0 aromatic heterocycles. The normalized spacial score (nSPS) is 10.4. The van der Waals surface area contributed by atoms with Crippen molar-refractivity contribution in [2.24, 2.45) is 9.98 Å². The largest absolute Gasteiger partial charge is 0.234 e. The molecule has 0 aromatic rings. The van der Waals surface area contributed by atoms with E-state index in [1.807, 2.05) is 0 Å². The summed E-state index contributed by atoms with van der Waals surface area (Å²) in [6.45, 7) is 5.89. The van der Waals surface area contributed by atoms with E-state index < -0.39 is 0 Å². The molecule has 0 amide bonds. The highest BCUT2D eigenvalue weighted by Crippen LogP contribution is 2.14. The minimum Gasteiger partial charge on any atom is -0.211 e. The molecule has 0 aliphatic heterocycles. The van der Waals surface area contributed by atoms with Crippen molar-refractivity contribution in [2.45, 2.75) is 206 Å². The van der Waals surface area contributed by atoms with Crippen LogP contribution in [0.1, 0.15) is 206 Å². The van der Waals surface area contributed by atoms with Gasteiger partial charge in [0.05, 0.1) is 13.1 Å². The minimum absolute atomic E-state index is 0.668. The van der Waals surface area contributed by atoms with Crippen molar-refractivity contribution < 1.29 is 9.59 Å². The third kappa shape index (κ3) is 43.8. The van der Waals surface area contributed by atoms with Crippen LogP contribution < -0.4 is 0 Å². The maximum absolute atomic E-state index is 9.87. The second kappa shape index (κ2) is 42.2. The van der Waals surface area contributed by atoms with Crippen LogP contribution in [-0.4, -0.2) is 25.2 Å². The second-order valence-electron chi connectivity index (χ2n) is 11.8. The number of carbonyl (C=O) groups excluding carboxylic acids is 2. The van der Waals surface area contributed by atoms with Crippen LogP contribution in [0.2, 0.25) is 0 Å². The second-order valence-corrected chi connectivity index (χ2v) is 11.8. The molecule has 0 aliphatic rings. The fraction of sp³-hybridized carbons (Fsp3) is 0.944. The van der Waals surface area contributed by atoms with Crippen molar-refractivity contribution in [2.75, 3.05) is 13.1 Å². The quantitative estimate of drug-likeness (QED) is 0.0465. The Morgan fingerprint density at radius 1 is 0.300 bits per heavy atom. The molecule has 0 spiro atoms. The number of isocyanates is 2. The SMILES string of the molecule is CCCCCCCCCCCCCCCCCCN=C=O.CCCCCCCCCCCCCCCCN=C=O. The van der Waals surface area contributed by atoms with Gasteiger partial charge in [-0.3, -0.25) is 0 Å². The Hall–Kier alpha value is -1.24. The molecule has 0 rings (SSSR count). The molecular weight excluding hydrogens is 492 g/mol. The zero-order valence-electron chi connectivity index (χ0n) is 27.3. The lowest BCUT2D eigenvalue weighted by atomic mass is 10.0. The third-order valence-corrected chi connectivity index (χ3v) is 7.88. The van der Waals surface area contributed by atoms with Gasteiger partial charge in [-0.05, 0) is 12.8 Å². The first-order valence-corrected chi connectivity index (χ1v) is 17.9. The summed E-state index contributed by atoms with van der Waals surface area (Å²) in [7, 11) is 0. The summed E-state index contributed by atoms with van der Waals surface area (Å²) in [4.78, 5) is 26.9. The number of hydrogen-bond acceptors (Lipinski definition) is 4. The van der Waals surface area contributed by atoms with Crippen molar-refractivity contribution in [1.29, 1.82) is 0 Å². The van der Waals surface area contributed by atoms with Crippen molar-refractivity contribution in [1.82, 2.24) is 0 Å². The van der Waals surface area contributed by atoms with Crippen molar-refractivity contribution in [3.05, 3.63) is 0 Å². The summed E-state index contributed by atoms with van der Waals surface area (Å²) >= 11 is 0. The lowest BCUT2D eigenvalue weighted by molar-refractivity contribution is 0.529. The molecule has 4 heteroatoms. The Labute approximate surface area is 251 Å². The lowest BCUT2D eigenvalue weighted by Crippen LogP contribution is -1.84. The predicted octanol–water partition coefficient (Wildman–Crippen LogP) is 12.4. The molecule has 0 fully saturated rings. The molecule has 4 nitrogen and oxygen atoms in total. The predicted molar refractivity (Wildman–Crippen MR) is 176 cm³/mol. The first-order chi connectivity index (χ1) is 19.8. The first-order valence-electron chi connectivity index (χ1n) is 17.9. The summed E-state index contributed by atoms with van der Waals surface area (Å²) in [5.74, 6) is 0. The molecule has 236 valence electrons. The molecule has 0 saturated carbocycles. The van der Waals surface area contributed by atoms with Crippen LogP contribution in [0.3, 0.4) is 0 Å². The summed E-state index contributed by atoms with van der Waals surface area (Å²) < 4.78 is 0. The number of unbranched alkanes of at least 4 members (excludes halogenated alkanes) is 28. The van der Waals surface area contributed by atoms with Gasteiger partial charge in [-0.1, -0.05) is 194 Å². The molecule has 0 radical (unpaired) electrons. The number of aliphatic imine (C=N–C) groups is 2. The molecule has 0 aliphatic carbocycles. The van der Waals surface area contributed by atoms with Gasteiger partial charge in [0, 0.05) is 0 Å². The van der Waals surface area contributed by atoms with E-state index in [0.29, 0.717) is 13.1 Å². The van der Waals surface area contributed by atoms with Crippen molar-refractivity contribution in [3.8, 4) is 0 Å². The Morgan fingerprint density at radius 2 is 0.475 bits per heavy atom. The Bertz CT molecular complexity index is 539. The molecule has 0 N–H and O–H groups in total. The molecule has 0 heterocycles. The number of hydrogen-bond donors (Lipinski definition) is 0. The standard InChI is InChI=1S/C19H37NO.C17H33NO/c1-2-3-4-5-6-7-8-9-10-11-12-13-14-15-16-17-18-20-19-21;1-2-3-4-5-6-7-8-9-10-11-12-13-14-15-16-18-17-19/h2-18H2,1H3;2-16H2,1H3. The van der Waals surface area contributed by atoms with E-state index in [0.717, 1.165) is 12.8 Å². The molecule has 40 heavy (non-hydrogen) atoms. The maximum atomic E-state index is 9.87. The number of rotatable bonds is 32. The highest BCUT2D eigenvalue weighted by Gasteiger charge is 1.95. The van der Waals surface area contributed by atoms with Crippen molar-refractivity contribution in [3.63, 3.8) is 0 Å². The fourth-order valence-electron chi connectivity index (χ4n) is 5.22. The zero-order chi connectivity index (χ0) is 29.5. The van der Waals surface area contributed by atoms with Crippen LogP contribution in [0.25, 0.3) is 0 Å². The highest BCUT2D eigenvalue weighted by molar-refractivity contribution is 5.32. The van der Waals surface area contributed by atoms with Gasteiger partial charge in [0.2, 0.25) is 12.2 Å². The smallest absolute Gasteiger partial charge is 0.211 e. The van der Waals surface area contributed by atoms with Crippen LogP contribution >= 0.6 is 0 Å². The van der Waals surface area contributed by atoms with E-state index in [1.54, 1.807) is 12.2 Å². The van der Waals surface area contributed by atoms with Gasteiger partial charge in [0.1, 0.15) is 0 Å². The Morgan fingerprint density at radius 3 is 0.650 bits per heavy atom. The topological polar surface area (TPSA) is 58.9 Å².